The van der Waals surface area contributed by atoms with Gasteiger partial charge in [0.2, 0.25) is 5.91 Å². The SMILES string of the molecule is Cc1nc2c([nH]1)CCN(C(=O)c1ccc(NC(=O)Cc3ccccc3C)cc1)c1ccccc1-2. The third kappa shape index (κ3) is 4.22. The molecule has 0 fully saturated rings. The summed E-state index contributed by atoms with van der Waals surface area (Å²) in [5.74, 6) is 0.713. The van der Waals surface area contributed by atoms with Gasteiger partial charge in [0.05, 0.1) is 17.8 Å². The second kappa shape index (κ2) is 8.98. The lowest BCUT2D eigenvalue weighted by Gasteiger charge is -2.23. The molecule has 0 unspecified atom stereocenters. The molecule has 0 aliphatic carbocycles. The lowest BCUT2D eigenvalue weighted by atomic mass is 10.1. The molecule has 1 aliphatic heterocycles. The Hall–Kier alpha value is -4.19. The van der Waals surface area contributed by atoms with E-state index in [1.807, 2.05) is 67.3 Å². The Morgan fingerprint density at radius 1 is 0.971 bits per heavy atom. The zero-order valence-corrected chi connectivity index (χ0v) is 19.3. The summed E-state index contributed by atoms with van der Waals surface area (Å²) in [6, 6.07) is 22.8. The number of rotatable bonds is 4. The van der Waals surface area contributed by atoms with E-state index < -0.39 is 0 Å². The van der Waals surface area contributed by atoms with Gasteiger partial charge in [-0.25, -0.2) is 4.98 Å². The molecule has 1 aromatic heterocycles. The lowest BCUT2D eigenvalue weighted by molar-refractivity contribution is -0.115. The second-order valence-electron chi connectivity index (χ2n) is 8.60. The monoisotopic (exact) mass is 450 g/mol. The van der Waals surface area contributed by atoms with Gasteiger partial charge in [-0.15, -0.1) is 0 Å². The van der Waals surface area contributed by atoms with Crippen LogP contribution in [0.1, 0.15) is 33.0 Å². The van der Waals surface area contributed by atoms with Gasteiger partial charge in [0.25, 0.3) is 5.91 Å². The van der Waals surface area contributed by atoms with Crippen molar-refractivity contribution in [2.24, 2.45) is 0 Å². The highest BCUT2D eigenvalue weighted by molar-refractivity contribution is 6.08. The van der Waals surface area contributed by atoms with Crippen LogP contribution in [0.4, 0.5) is 11.4 Å². The summed E-state index contributed by atoms with van der Waals surface area (Å²) in [6.07, 6.45) is 1.01. The molecule has 6 heteroatoms. The molecule has 4 aromatic rings. The van der Waals surface area contributed by atoms with Crippen LogP contribution in [0.15, 0.2) is 72.8 Å². The Morgan fingerprint density at radius 3 is 2.50 bits per heavy atom. The highest BCUT2D eigenvalue weighted by atomic mass is 16.2. The molecule has 2 amide bonds. The molecule has 3 aromatic carbocycles. The van der Waals surface area contributed by atoms with Gasteiger partial charge in [0.15, 0.2) is 0 Å². The van der Waals surface area contributed by atoms with Crippen molar-refractivity contribution in [1.29, 1.82) is 0 Å². The van der Waals surface area contributed by atoms with Gasteiger partial charge < -0.3 is 15.2 Å². The maximum Gasteiger partial charge on any atom is 0.258 e. The molecule has 1 aliphatic rings. The Balaban J connectivity index is 1.33. The van der Waals surface area contributed by atoms with E-state index in [1.54, 1.807) is 24.3 Å². The fourth-order valence-corrected chi connectivity index (χ4v) is 4.45. The minimum atomic E-state index is -0.0845. The van der Waals surface area contributed by atoms with Gasteiger partial charge in [0, 0.05) is 35.5 Å². The van der Waals surface area contributed by atoms with Crippen LogP contribution in [0.3, 0.4) is 0 Å². The number of hydrogen-bond donors (Lipinski definition) is 2. The van der Waals surface area contributed by atoms with Crippen LogP contribution in [-0.4, -0.2) is 28.3 Å². The Labute approximate surface area is 198 Å². The molecular weight excluding hydrogens is 424 g/mol. The Bertz CT molecular complexity index is 1370. The van der Waals surface area contributed by atoms with Crippen LogP contribution in [0, 0.1) is 13.8 Å². The minimum absolute atomic E-state index is 0.0767. The molecule has 0 spiro atoms. The first-order chi connectivity index (χ1) is 16.5. The molecule has 0 saturated heterocycles. The largest absolute Gasteiger partial charge is 0.346 e. The fourth-order valence-electron chi connectivity index (χ4n) is 4.45. The van der Waals surface area contributed by atoms with Crippen molar-refractivity contribution in [3.8, 4) is 11.3 Å². The number of nitrogens with one attached hydrogen (secondary N) is 2. The molecule has 6 nitrogen and oxygen atoms in total. The first-order valence-corrected chi connectivity index (χ1v) is 11.4. The average molecular weight is 451 g/mol. The first-order valence-electron chi connectivity index (χ1n) is 11.4. The third-order valence-electron chi connectivity index (χ3n) is 6.21. The van der Waals surface area contributed by atoms with E-state index in [2.05, 4.69) is 15.3 Å². The van der Waals surface area contributed by atoms with Crippen LogP contribution >= 0.6 is 0 Å². The number of imidazole rings is 1. The second-order valence-corrected chi connectivity index (χ2v) is 8.60. The van der Waals surface area contributed by atoms with Crippen molar-refractivity contribution >= 4 is 23.2 Å². The number of aromatic nitrogens is 2. The van der Waals surface area contributed by atoms with Crippen molar-refractivity contribution < 1.29 is 9.59 Å². The van der Waals surface area contributed by atoms with E-state index in [1.165, 1.54) is 0 Å². The van der Waals surface area contributed by atoms with Gasteiger partial charge in [-0.2, -0.15) is 0 Å². The Kier molecular flexibility index (Phi) is 5.72. The van der Waals surface area contributed by atoms with Crippen molar-refractivity contribution in [3.05, 3.63) is 101 Å². The van der Waals surface area contributed by atoms with Gasteiger partial charge in [-0.05, 0) is 55.3 Å². The fraction of sp³-hybridized carbons (Fsp3) is 0.179. The number of amides is 2. The molecule has 0 saturated carbocycles. The topological polar surface area (TPSA) is 78.1 Å². The average Bonchev–Trinajstić information content (AvgIpc) is 3.14. The molecule has 2 N–H and O–H groups in total. The van der Waals surface area contributed by atoms with Crippen LogP contribution in [0.25, 0.3) is 11.3 Å². The Morgan fingerprint density at radius 2 is 1.71 bits per heavy atom. The highest BCUT2D eigenvalue weighted by Crippen LogP contribution is 2.35. The molecule has 170 valence electrons. The summed E-state index contributed by atoms with van der Waals surface area (Å²) >= 11 is 0. The van der Waals surface area contributed by atoms with E-state index in [-0.39, 0.29) is 11.8 Å². The number of fused-ring (bicyclic) bond motifs is 3. The number of aromatic amines is 1. The van der Waals surface area contributed by atoms with E-state index in [4.69, 9.17) is 0 Å². The number of H-pyrrole nitrogens is 1. The van der Waals surface area contributed by atoms with Gasteiger partial charge in [-0.1, -0.05) is 42.5 Å². The summed E-state index contributed by atoms with van der Waals surface area (Å²) in [6.45, 7) is 4.50. The standard InChI is InChI=1S/C28H26N4O2/c1-18-7-3-4-8-21(18)17-26(33)31-22-13-11-20(12-14-22)28(34)32-16-15-24-27(30-19(2)29-24)23-9-5-6-10-25(23)32/h3-14H,15-17H2,1-2H3,(H,29,30)(H,31,33). The predicted octanol–water partition coefficient (Wildman–Crippen LogP) is 5.08. The van der Waals surface area contributed by atoms with E-state index in [9.17, 15) is 9.59 Å². The maximum absolute atomic E-state index is 13.5. The molecule has 34 heavy (non-hydrogen) atoms. The summed E-state index contributed by atoms with van der Waals surface area (Å²) in [7, 11) is 0. The molecule has 5 rings (SSSR count). The van der Waals surface area contributed by atoms with E-state index >= 15 is 0 Å². The van der Waals surface area contributed by atoms with E-state index in [0.29, 0.717) is 30.6 Å². The molecule has 0 atom stereocenters. The van der Waals surface area contributed by atoms with Crippen molar-refractivity contribution in [2.45, 2.75) is 26.7 Å². The summed E-state index contributed by atoms with van der Waals surface area (Å²) in [4.78, 5) is 35.8. The van der Waals surface area contributed by atoms with Crippen LogP contribution in [-0.2, 0) is 17.6 Å². The maximum atomic E-state index is 13.5. The van der Waals surface area contributed by atoms with Crippen LogP contribution in [0.5, 0.6) is 0 Å². The number of carbonyl (C=O) groups excluding carboxylic acids is 2. The quantitative estimate of drug-likeness (QED) is 0.455. The minimum Gasteiger partial charge on any atom is -0.346 e. The van der Waals surface area contributed by atoms with Crippen molar-refractivity contribution in [2.75, 3.05) is 16.8 Å². The normalized spacial score (nSPS) is 12.5. The number of para-hydroxylation sites is 1. The smallest absolute Gasteiger partial charge is 0.258 e. The number of aryl methyl sites for hydroxylation is 2. The van der Waals surface area contributed by atoms with Gasteiger partial charge >= 0.3 is 0 Å². The number of hydrogen-bond acceptors (Lipinski definition) is 3. The van der Waals surface area contributed by atoms with Crippen LogP contribution in [0.2, 0.25) is 0 Å². The number of nitrogens with zero attached hydrogens (tertiary/aromatic N) is 2. The first kappa shape index (κ1) is 21.6. The van der Waals surface area contributed by atoms with E-state index in [0.717, 1.165) is 39.6 Å². The number of anilines is 2. The predicted molar refractivity (Wildman–Crippen MR) is 134 cm³/mol. The molecule has 0 radical (unpaired) electrons. The van der Waals surface area contributed by atoms with Crippen LogP contribution < -0.4 is 10.2 Å². The summed E-state index contributed by atoms with van der Waals surface area (Å²) in [5.41, 5.74) is 7.10. The van der Waals surface area contributed by atoms with Gasteiger partial charge in [-0.3, -0.25) is 9.59 Å². The highest BCUT2D eigenvalue weighted by Gasteiger charge is 2.26. The zero-order chi connectivity index (χ0) is 23.7. The zero-order valence-electron chi connectivity index (χ0n) is 19.3. The summed E-state index contributed by atoms with van der Waals surface area (Å²) < 4.78 is 0. The number of benzene rings is 3. The van der Waals surface area contributed by atoms with Crippen molar-refractivity contribution in [1.82, 2.24) is 9.97 Å². The summed E-state index contributed by atoms with van der Waals surface area (Å²) in [5, 5.41) is 2.93. The van der Waals surface area contributed by atoms with Gasteiger partial charge in [0.1, 0.15) is 5.82 Å². The number of carbonyl (C=O) groups is 2. The van der Waals surface area contributed by atoms with Crippen molar-refractivity contribution in [3.63, 3.8) is 0 Å². The lowest BCUT2D eigenvalue weighted by Crippen LogP contribution is -2.32. The molecule has 0 bridgehead atoms. The molecular formula is C28H26N4O2. The third-order valence-corrected chi connectivity index (χ3v) is 6.21. The molecule has 2 heterocycles.